The molecule has 0 atom stereocenters. The maximum Gasteiger partial charge on any atom is 0.233 e. The third kappa shape index (κ3) is 5.57. The highest BCUT2D eigenvalue weighted by molar-refractivity contribution is 5.63. The quantitative estimate of drug-likeness (QED) is 0.345. The van der Waals surface area contributed by atoms with Gasteiger partial charge in [-0.1, -0.05) is 30.3 Å². The molecular formula is C25H26N6. The fourth-order valence-electron chi connectivity index (χ4n) is 3.42. The second kappa shape index (κ2) is 8.83. The average molecular weight is 411 g/mol. The van der Waals surface area contributed by atoms with E-state index in [-0.39, 0.29) is 0 Å². The van der Waals surface area contributed by atoms with Crippen molar-refractivity contribution in [2.75, 3.05) is 16.0 Å². The molecule has 3 N–H and O–H groups in total. The van der Waals surface area contributed by atoms with Gasteiger partial charge in [-0.05, 0) is 86.3 Å². The monoisotopic (exact) mass is 410 g/mol. The van der Waals surface area contributed by atoms with Crippen LogP contribution in [0.3, 0.4) is 0 Å². The van der Waals surface area contributed by atoms with Gasteiger partial charge in [0.2, 0.25) is 17.8 Å². The molecule has 0 bridgehead atoms. The molecule has 0 aliphatic carbocycles. The van der Waals surface area contributed by atoms with Crippen molar-refractivity contribution in [3.8, 4) is 0 Å². The summed E-state index contributed by atoms with van der Waals surface area (Å²) < 4.78 is 0. The fraction of sp³-hybridized carbons (Fsp3) is 0.160. The van der Waals surface area contributed by atoms with Crippen LogP contribution in [0.25, 0.3) is 0 Å². The van der Waals surface area contributed by atoms with Crippen molar-refractivity contribution in [3.63, 3.8) is 0 Å². The van der Waals surface area contributed by atoms with Crippen LogP contribution >= 0.6 is 0 Å². The van der Waals surface area contributed by atoms with Gasteiger partial charge in [0.05, 0.1) is 0 Å². The lowest BCUT2D eigenvalue weighted by molar-refractivity contribution is 1.06. The molecule has 1 heterocycles. The highest BCUT2D eigenvalue weighted by atomic mass is 15.3. The first kappa shape index (κ1) is 20.3. The molecule has 0 aliphatic rings. The molecule has 0 saturated heterocycles. The van der Waals surface area contributed by atoms with Gasteiger partial charge in [0.15, 0.2) is 0 Å². The van der Waals surface area contributed by atoms with E-state index in [1.807, 2.05) is 24.3 Å². The number of nitrogens with one attached hydrogen (secondary N) is 3. The molecule has 6 nitrogen and oxygen atoms in total. The van der Waals surface area contributed by atoms with E-state index >= 15 is 0 Å². The molecule has 0 radical (unpaired) electrons. The molecule has 156 valence electrons. The molecule has 0 amide bonds. The Balaban J connectivity index is 1.68. The van der Waals surface area contributed by atoms with Gasteiger partial charge >= 0.3 is 0 Å². The number of rotatable bonds is 6. The predicted octanol–water partition coefficient (Wildman–Crippen LogP) is 6.34. The molecule has 4 rings (SSSR count). The Bertz CT molecular complexity index is 1130. The smallest absolute Gasteiger partial charge is 0.233 e. The van der Waals surface area contributed by atoms with Crippen molar-refractivity contribution < 1.29 is 0 Å². The van der Waals surface area contributed by atoms with Crippen LogP contribution < -0.4 is 16.0 Å². The van der Waals surface area contributed by atoms with Crippen LogP contribution in [0.5, 0.6) is 0 Å². The largest absolute Gasteiger partial charge is 0.324 e. The molecule has 6 heteroatoms. The second-order valence-electron chi connectivity index (χ2n) is 7.80. The molecular weight excluding hydrogens is 384 g/mol. The Morgan fingerprint density at radius 1 is 0.452 bits per heavy atom. The second-order valence-corrected chi connectivity index (χ2v) is 7.80. The molecule has 31 heavy (non-hydrogen) atoms. The predicted molar refractivity (Wildman–Crippen MR) is 128 cm³/mol. The van der Waals surface area contributed by atoms with Crippen molar-refractivity contribution in [1.29, 1.82) is 0 Å². The molecule has 0 unspecified atom stereocenters. The first-order valence-electron chi connectivity index (χ1n) is 10.2. The zero-order chi connectivity index (χ0) is 21.8. The molecule has 3 aromatic carbocycles. The maximum atomic E-state index is 4.59. The topological polar surface area (TPSA) is 74.8 Å². The van der Waals surface area contributed by atoms with Crippen LogP contribution in [0, 0.1) is 27.7 Å². The number of aryl methyl sites for hydroxylation is 4. The summed E-state index contributed by atoms with van der Waals surface area (Å²) >= 11 is 0. The SMILES string of the molecule is Cc1cccc(Nc2nc(Nc3cccc(C)c3)nc(Nc3cc(C)cc(C)c3)n2)c1. The first-order chi connectivity index (χ1) is 14.9. The number of anilines is 6. The van der Waals surface area contributed by atoms with E-state index in [9.17, 15) is 0 Å². The Morgan fingerprint density at radius 3 is 1.26 bits per heavy atom. The highest BCUT2D eigenvalue weighted by Gasteiger charge is 2.09. The molecule has 4 aromatic rings. The van der Waals surface area contributed by atoms with E-state index < -0.39 is 0 Å². The minimum atomic E-state index is 0.461. The Kier molecular flexibility index (Phi) is 5.80. The van der Waals surface area contributed by atoms with Crippen LogP contribution in [0.1, 0.15) is 22.3 Å². The van der Waals surface area contributed by atoms with Gasteiger partial charge in [0.25, 0.3) is 0 Å². The van der Waals surface area contributed by atoms with Gasteiger partial charge in [-0.15, -0.1) is 0 Å². The minimum Gasteiger partial charge on any atom is -0.324 e. The molecule has 0 fully saturated rings. The first-order valence-corrected chi connectivity index (χ1v) is 10.2. The lowest BCUT2D eigenvalue weighted by Gasteiger charge is -2.12. The Hall–Kier alpha value is -3.93. The lowest BCUT2D eigenvalue weighted by Crippen LogP contribution is -2.07. The van der Waals surface area contributed by atoms with E-state index in [1.54, 1.807) is 0 Å². The molecule has 0 spiro atoms. The van der Waals surface area contributed by atoms with E-state index in [0.717, 1.165) is 28.2 Å². The van der Waals surface area contributed by atoms with Crippen LogP contribution in [-0.2, 0) is 0 Å². The summed E-state index contributed by atoms with van der Waals surface area (Å²) in [5, 5.41) is 9.90. The van der Waals surface area contributed by atoms with Crippen molar-refractivity contribution in [1.82, 2.24) is 15.0 Å². The summed E-state index contributed by atoms with van der Waals surface area (Å²) in [5.41, 5.74) is 7.44. The summed E-state index contributed by atoms with van der Waals surface area (Å²) in [5.74, 6) is 1.38. The van der Waals surface area contributed by atoms with Crippen LogP contribution in [0.15, 0.2) is 66.7 Å². The third-order valence-electron chi connectivity index (χ3n) is 4.66. The van der Waals surface area contributed by atoms with Crippen molar-refractivity contribution in [2.45, 2.75) is 27.7 Å². The number of benzene rings is 3. The average Bonchev–Trinajstić information content (AvgIpc) is 2.67. The van der Waals surface area contributed by atoms with Crippen molar-refractivity contribution in [2.24, 2.45) is 0 Å². The summed E-state index contributed by atoms with van der Waals surface area (Å²) in [6.45, 7) is 8.24. The third-order valence-corrected chi connectivity index (χ3v) is 4.66. The van der Waals surface area contributed by atoms with Crippen LogP contribution in [-0.4, -0.2) is 15.0 Å². The summed E-state index contributed by atoms with van der Waals surface area (Å²) in [6, 6.07) is 22.4. The summed E-state index contributed by atoms with van der Waals surface area (Å²) in [4.78, 5) is 13.8. The minimum absolute atomic E-state index is 0.461. The molecule has 0 aliphatic heterocycles. The zero-order valence-corrected chi connectivity index (χ0v) is 18.2. The van der Waals surface area contributed by atoms with Gasteiger partial charge in [0.1, 0.15) is 0 Å². The van der Waals surface area contributed by atoms with Crippen molar-refractivity contribution in [3.05, 3.63) is 89.0 Å². The highest BCUT2D eigenvalue weighted by Crippen LogP contribution is 2.22. The summed E-state index contributed by atoms with van der Waals surface area (Å²) in [7, 11) is 0. The Labute approximate surface area is 182 Å². The summed E-state index contributed by atoms with van der Waals surface area (Å²) in [6.07, 6.45) is 0. The number of aromatic nitrogens is 3. The normalized spacial score (nSPS) is 10.6. The van der Waals surface area contributed by atoms with Gasteiger partial charge in [0, 0.05) is 17.1 Å². The van der Waals surface area contributed by atoms with Crippen LogP contribution in [0.4, 0.5) is 34.9 Å². The zero-order valence-electron chi connectivity index (χ0n) is 18.2. The van der Waals surface area contributed by atoms with Crippen molar-refractivity contribution >= 4 is 34.9 Å². The van der Waals surface area contributed by atoms with Gasteiger partial charge < -0.3 is 16.0 Å². The fourth-order valence-corrected chi connectivity index (χ4v) is 3.42. The standard InChI is InChI=1S/C25H26N6/c1-16-7-5-9-20(12-16)26-23-29-24(27-21-10-6-8-17(2)13-21)31-25(30-23)28-22-14-18(3)11-19(4)15-22/h5-15H,1-4H3,(H3,26,27,28,29,30,31). The maximum absolute atomic E-state index is 4.59. The van der Waals surface area contributed by atoms with Gasteiger partial charge in [-0.25, -0.2) is 0 Å². The number of hydrogen-bond acceptors (Lipinski definition) is 6. The number of hydrogen-bond donors (Lipinski definition) is 3. The van der Waals surface area contributed by atoms with Gasteiger partial charge in [-0.2, -0.15) is 15.0 Å². The van der Waals surface area contributed by atoms with E-state index in [4.69, 9.17) is 0 Å². The lowest BCUT2D eigenvalue weighted by atomic mass is 10.1. The molecule has 1 aromatic heterocycles. The van der Waals surface area contributed by atoms with E-state index in [2.05, 4.69) is 101 Å². The van der Waals surface area contributed by atoms with E-state index in [0.29, 0.717) is 17.8 Å². The van der Waals surface area contributed by atoms with Gasteiger partial charge in [-0.3, -0.25) is 0 Å². The Morgan fingerprint density at radius 2 is 0.839 bits per heavy atom. The van der Waals surface area contributed by atoms with E-state index in [1.165, 1.54) is 11.1 Å². The number of nitrogens with zero attached hydrogens (tertiary/aromatic N) is 3. The molecule has 0 saturated carbocycles. The van der Waals surface area contributed by atoms with Crippen LogP contribution in [0.2, 0.25) is 0 Å².